The van der Waals surface area contributed by atoms with Crippen molar-refractivity contribution < 1.29 is 9.31 Å². The summed E-state index contributed by atoms with van der Waals surface area (Å²) in [5.74, 6) is 2.01. The lowest BCUT2D eigenvalue weighted by Gasteiger charge is -2.32. The number of likely N-dealkylation sites (N-methyl/N-ethyl adjacent to an activating group) is 1. The van der Waals surface area contributed by atoms with Crippen LogP contribution in [0.25, 0.3) is 0 Å². The Labute approximate surface area is 129 Å². The third-order valence-corrected chi connectivity index (χ3v) is 4.28. The predicted octanol–water partition coefficient (Wildman–Crippen LogP) is 3.31. The molecule has 0 spiro atoms. The maximum absolute atomic E-state index is 5.94. The average Bonchev–Trinajstić information content (AvgIpc) is 2.58. The van der Waals surface area contributed by atoms with Gasteiger partial charge in [-0.2, -0.15) is 0 Å². The highest BCUT2D eigenvalue weighted by molar-refractivity contribution is 6.51. The van der Waals surface area contributed by atoms with E-state index in [0.717, 1.165) is 13.1 Å². The van der Waals surface area contributed by atoms with Crippen LogP contribution in [0.15, 0.2) is 42.4 Å². The van der Waals surface area contributed by atoms with Crippen molar-refractivity contribution in [1.29, 1.82) is 0 Å². The van der Waals surface area contributed by atoms with Crippen LogP contribution in [0.4, 0.5) is 0 Å². The Bertz CT molecular complexity index is 469. The normalized spacial score (nSPS) is 20.6. The van der Waals surface area contributed by atoms with Crippen molar-refractivity contribution in [3.8, 4) is 0 Å². The second-order valence-corrected chi connectivity index (χ2v) is 6.74. The van der Waals surface area contributed by atoms with Gasteiger partial charge in [0.2, 0.25) is 0 Å². The Morgan fingerprint density at radius 1 is 1.05 bits per heavy atom. The Hall–Kier alpha value is -1.10. The molecule has 0 unspecified atom stereocenters. The van der Waals surface area contributed by atoms with Gasteiger partial charge in [0.05, 0.1) is 11.2 Å². The maximum atomic E-state index is 5.94. The number of rotatable bonds is 5. The van der Waals surface area contributed by atoms with E-state index in [1.54, 1.807) is 0 Å². The molecule has 4 heteroatoms. The molecular formula is C17H26BNO2. The molecule has 0 atom stereocenters. The number of hydrogen-bond donors (Lipinski definition) is 0. The first kappa shape index (κ1) is 16.3. The topological polar surface area (TPSA) is 21.7 Å². The van der Waals surface area contributed by atoms with Crippen LogP contribution >= 0.6 is 0 Å². The molecule has 0 radical (unpaired) electrons. The molecule has 21 heavy (non-hydrogen) atoms. The van der Waals surface area contributed by atoms with Crippen LogP contribution < -0.4 is 0 Å². The van der Waals surface area contributed by atoms with Crippen LogP contribution in [-0.2, 0) is 15.9 Å². The van der Waals surface area contributed by atoms with E-state index in [1.165, 1.54) is 5.56 Å². The lowest BCUT2D eigenvalue weighted by atomic mass is 9.90. The van der Waals surface area contributed by atoms with Gasteiger partial charge in [-0.1, -0.05) is 42.4 Å². The van der Waals surface area contributed by atoms with Gasteiger partial charge in [-0.3, -0.25) is 4.90 Å². The molecule has 0 N–H and O–H groups in total. The fourth-order valence-electron chi connectivity index (χ4n) is 2.28. The highest BCUT2D eigenvalue weighted by Crippen LogP contribution is 2.36. The van der Waals surface area contributed by atoms with E-state index in [1.807, 2.05) is 12.0 Å². The van der Waals surface area contributed by atoms with Crippen LogP contribution in [0.3, 0.4) is 0 Å². The third kappa shape index (κ3) is 4.19. The summed E-state index contributed by atoms with van der Waals surface area (Å²) < 4.78 is 11.9. The van der Waals surface area contributed by atoms with E-state index in [9.17, 15) is 0 Å². The minimum Gasteiger partial charge on any atom is -0.400 e. The molecule has 0 aromatic heterocycles. The molecule has 1 saturated heterocycles. The van der Waals surface area contributed by atoms with Crippen molar-refractivity contribution >= 4 is 7.12 Å². The Kier molecular flexibility index (Phi) is 4.92. The van der Waals surface area contributed by atoms with Gasteiger partial charge >= 0.3 is 7.12 Å². The standard InChI is InChI=1S/C17H26BNO2/c1-16(2)17(3,4)21-18(20-16)12-9-13-19(5)14-15-10-7-6-8-11-15/h6-12H,13-14H2,1-5H3/b12-9-. The molecule has 3 nitrogen and oxygen atoms in total. The van der Waals surface area contributed by atoms with Crippen LogP contribution in [0, 0.1) is 0 Å². The quantitative estimate of drug-likeness (QED) is 0.776. The van der Waals surface area contributed by atoms with E-state index in [4.69, 9.17) is 9.31 Å². The molecule has 0 bridgehead atoms. The summed E-state index contributed by atoms with van der Waals surface area (Å²) in [6.45, 7) is 10.1. The van der Waals surface area contributed by atoms with E-state index in [2.05, 4.69) is 70.0 Å². The van der Waals surface area contributed by atoms with Gasteiger partial charge in [0.1, 0.15) is 0 Å². The van der Waals surface area contributed by atoms with E-state index in [-0.39, 0.29) is 18.3 Å². The molecule has 1 aliphatic rings. The van der Waals surface area contributed by atoms with Crippen LogP contribution in [0.1, 0.15) is 33.3 Å². The van der Waals surface area contributed by atoms with Gasteiger partial charge < -0.3 is 9.31 Å². The second kappa shape index (κ2) is 6.35. The highest BCUT2D eigenvalue weighted by atomic mass is 16.7. The number of hydrogen-bond acceptors (Lipinski definition) is 3. The molecule has 0 saturated carbocycles. The minimum atomic E-state index is -0.266. The highest BCUT2D eigenvalue weighted by Gasteiger charge is 2.49. The lowest BCUT2D eigenvalue weighted by molar-refractivity contribution is 0.00578. The molecule has 1 aromatic rings. The first-order valence-corrected chi connectivity index (χ1v) is 7.55. The van der Waals surface area contributed by atoms with Crippen LogP contribution in [0.5, 0.6) is 0 Å². The molecule has 2 rings (SSSR count). The second-order valence-electron chi connectivity index (χ2n) is 6.74. The van der Waals surface area contributed by atoms with Crippen molar-refractivity contribution in [2.75, 3.05) is 13.6 Å². The monoisotopic (exact) mass is 287 g/mol. The zero-order valence-corrected chi connectivity index (χ0v) is 13.8. The summed E-state index contributed by atoms with van der Waals surface area (Å²) in [6, 6.07) is 10.5. The van der Waals surface area contributed by atoms with E-state index < -0.39 is 0 Å². The zero-order chi connectivity index (χ0) is 15.5. The molecule has 0 aliphatic carbocycles. The Balaban J connectivity index is 1.81. The molecule has 114 valence electrons. The van der Waals surface area contributed by atoms with Crippen molar-refractivity contribution in [3.63, 3.8) is 0 Å². The smallest absolute Gasteiger partial charge is 0.400 e. The van der Waals surface area contributed by atoms with Gasteiger partial charge in [-0.15, -0.1) is 0 Å². The lowest BCUT2D eigenvalue weighted by Crippen LogP contribution is -2.41. The van der Waals surface area contributed by atoms with Crippen molar-refractivity contribution in [2.45, 2.75) is 45.4 Å². The average molecular weight is 287 g/mol. The Morgan fingerprint density at radius 2 is 1.62 bits per heavy atom. The molecule has 1 fully saturated rings. The van der Waals surface area contributed by atoms with Crippen LogP contribution in [-0.4, -0.2) is 36.8 Å². The van der Waals surface area contributed by atoms with Gasteiger partial charge in [0.15, 0.2) is 0 Å². The fourth-order valence-corrected chi connectivity index (χ4v) is 2.28. The van der Waals surface area contributed by atoms with Gasteiger partial charge in [0.25, 0.3) is 0 Å². The maximum Gasteiger partial charge on any atom is 0.486 e. The minimum absolute atomic E-state index is 0.250. The molecule has 1 aromatic carbocycles. The van der Waals surface area contributed by atoms with Crippen molar-refractivity contribution in [1.82, 2.24) is 4.90 Å². The van der Waals surface area contributed by atoms with Crippen molar-refractivity contribution in [3.05, 3.63) is 47.9 Å². The first-order valence-electron chi connectivity index (χ1n) is 7.55. The summed E-state index contributed by atoms with van der Waals surface area (Å²) in [7, 11) is 1.86. The molecular weight excluding hydrogens is 261 g/mol. The number of nitrogens with zero attached hydrogens (tertiary/aromatic N) is 1. The van der Waals surface area contributed by atoms with E-state index in [0.29, 0.717) is 0 Å². The first-order chi connectivity index (χ1) is 9.80. The predicted molar refractivity (Wildman–Crippen MR) is 88.0 cm³/mol. The van der Waals surface area contributed by atoms with Gasteiger partial charge in [-0.05, 0) is 40.3 Å². The third-order valence-electron chi connectivity index (χ3n) is 4.28. The summed E-state index contributed by atoms with van der Waals surface area (Å²) in [5.41, 5.74) is 0.791. The molecule has 1 aliphatic heterocycles. The largest absolute Gasteiger partial charge is 0.486 e. The Morgan fingerprint density at radius 3 is 2.19 bits per heavy atom. The summed E-state index contributed by atoms with van der Waals surface area (Å²) >= 11 is 0. The van der Waals surface area contributed by atoms with Crippen molar-refractivity contribution in [2.24, 2.45) is 0 Å². The van der Waals surface area contributed by atoms with E-state index >= 15 is 0 Å². The summed E-state index contributed by atoms with van der Waals surface area (Å²) in [6.07, 6.45) is 2.12. The molecule has 0 amide bonds. The summed E-state index contributed by atoms with van der Waals surface area (Å²) in [4.78, 5) is 2.26. The fraction of sp³-hybridized carbons (Fsp3) is 0.529. The van der Waals surface area contributed by atoms with Gasteiger partial charge in [-0.25, -0.2) is 0 Å². The molecule has 1 heterocycles. The van der Waals surface area contributed by atoms with Crippen LogP contribution in [0.2, 0.25) is 0 Å². The zero-order valence-electron chi connectivity index (χ0n) is 13.8. The SMILES string of the molecule is CN(C/C=C\B1OC(C)(C)C(C)(C)O1)Cc1ccccc1. The van der Waals surface area contributed by atoms with Gasteiger partial charge in [0, 0.05) is 13.1 Å². The summed E-state index contributed by atoms with van der Waals surface area (Å²) in [5, 5.41) is 0. The number of benzene rings is 1.